The molecule has 2 amide bonds. The largest absolute Gasteiger partial charge is 0.453 e. The molecule has 5 heteroatoms. The molecule has 20 heavy (non-hydrogen) atoms. The van der Waals surface area contributed by atoms with Gasteiger partial charge in [0.25, 0.3) is 0 Å². The number of nitrogens with one attached hydrogen (secondary N) is 1. The number of piperidine rings is 1. The van der Waals surface area contributed by atoms with Gasteiger partial charge in [-0.15, -0.1) is 0 Å². The highest BCUT2D eigenvalue weighted by molar-refractivity contribution is 5.76. The second-order valence-electron chi connectivity index (χ2n) is 6.85. The summed E-state index contributed by atoms with van der Waals surface area (Å²) in [6, 6.07) is -0.0148. The molecule has 116 valence electrons. The van der Waals surface area contributed by atoms with Gasteiger partial charge in [-0.3, -0.25) is 4.79 Å². The van der Waals surface area contributed by atoms with Crippen LogP contribution in [0.5, 0.6) is 0 Å². The van der Waals surface area contributed by atoms with E-state index in [1.54, 1.807) is 0 Å². The van der Waals surface area contributed by atoms with Gasteiger partial charge < -0.3 is 15.0 Å². The van der Waals surface area contributed by atoms with Crippen LogP contribution in [0.3, 0.4) is 0 Å². The molecule has 0 spiro atoms. The highest BCUT2D eigenvalue weighted by Crippen LogP contribution is 2.30. The van der Waals surface area contributed by atoms with Gasteiger partial charge in [-0.05, 0) is 24.2 Å². The fourth-order valence-electron chi connectivity index (χ4n) is 2.97. The molecule has 0 aromatic heterocycles. The Morgan fingerprint density at radius 1 is 1.30 bits per heavy atom. The van der Waals surface area contributed by atoms with Crippen LogP contribution in [0.1, 0.15) is 47.0 Å². The summed E-state index contributed by atoms with van der Waals surface area (Å²) < 4.78 is 4.66. The minimum absolute atomic E-state index is 0.0148. The van der Waals surface area contributed by atoms with E-state index in [1.807, 2.05) is 11.8 Å². The molecule has 1 aliphatic heterocycles. The van der Waals surface area contributed by atoms with Crippen LogP contribution in [-0.4, -0.2) is 43.1 Å². The summed E-state index contributed by atoms with van der Waals surface area (Å²) in [5.74, 6) is 0.571. The number of hydrogen-bond acceptors (Lipinski definition) is 3. The maximum Gasteiger partial charge on any atom is 0.407 e. The molecule has 1 N–H and O–H groups in total. The summed E-state index contributed by atoms with van der Waals surface area (Å²) in [5, 5.41) is 2.84. The summed E-state index contributed by atoms with van der Waals surface area (Å²) in [6.07, 6.45) is 2.03. The van der Waals surface area contributed by atoms with Gasteiger partial charge in [-0.2, -0.15) is 0 Å². The highest BCUT2D eigenvalue weighted by atomic mass is 16.5. The van der Waals surface area contributed by atoms with Crippen molar-refractivity contribution in [3.63, 3.8) is 0 Å². The van der Waals surface area contributed by atoms with Gasteiger partial charge in [0.05, 0.1) is 13.2 Å². The van der Waals surface area contributed by atoms with Crippen LogP contribution in [-0.2, 0) is 9.53 Å². The van der Waals surface area contributed by atoms with Gasteiger partial charge in [-0.25, -0.2) is 4.79 Å². The van der Waals surface area contributed by atoms with Crippen LogP contribution in [0.15, 0.2) is 0 Å². The van der Waals surface area contributed by atoms with Gasteiger partial charge in [0.15, 0.2) is 0 Å². The fraction of sp³-hybridized carbons (Fsp3) is 0.867. The summed E-state index contributed by atoms with van der Waals surface area (Å²) >= 11 is 0. The summed E-state index contributed by atoms with van der Waals surface area (Å²) in [5.41, 5.74) is 0.221. The van der Waals surface area contributed by atoms with Crippen molar-refractivity contribution in [2.75, 3.05) is 20.2 Å². The Labute approximate surface area is 122 Å². The maximum atomic E-state index is 12.0. The molecule has 0 aromatic rings. The van der Waals surface area contributed by atoms with Gasteiger partial charge in [0.1, 0.15) is 0 Å². The molecule has 2 atom stereocenters. The Bertz CT molecular complexity index is 350. The van der Waals surface area contributed by atoms with E-state index in [2.05, 4.69) is 30.8 Å². The molecular formula is C15H28N2O3. The quantitative estimate of drug-likeness (QED) is 0.865. The molecule has 0 aromatic carbocycles. The molecule has 0 bridgehead atoms. The molecule has 1 heterocycles. The first-order valence-electron chi connectivity index (χ1n) is 7.37. The molecule has 1 rings (SSSR count). The molecule has 0 radical (unpaired) electrons. The summed E-state index contributed by atoms with van der Waals surface area (Å²) in [4.78, 5) is 25.2. The molecule has 5 nitrogen and oxygen atoms in total. The zero-order chi connectivity index (χ0) is 15.3. The van der Waals surface area contributed by atoms with E-state index in [0.717, 1.165) is 19.4 Å². The first-order valence-corrected chi connectivity index (χ1v) is 7.37. The van der Waals surface area contributed by atoms with Crippen molar-refractivity contribution in [3.05, 3.63) is 0 Å². The van der Waals surface area contributed by atoms with Crippen molar-refractivity contribution < 1.29 is 14.3 Å². The lowest BCUT2D eigenvalue weighted by Gasteiger charge is -2.40. The van der Waals surface area contributed by atoms with Gasteiger partial charge in [0, 0.05) is 19.5 Å². The second kappa shape index (κ2) is 6.95. The normalized spacial score (nSPS) is 23.4. The van der Waals surface area contributed by atoms with Gasteiger partial charge in [0.2, 0.25) is 5.91 Å². The predicted octanol–water partition coefficient (Wildman–Crippen LogP) is 2.41. The van der Waals surface area contributed by atoms with E-state index in [1.165, 1.54) is 7.11 Å². The molecule has 1 saturated heterocycles. The molecule has 1 fully saturated rings. The number of alkyl carbamates (subject to hydrolysis) is 1. The zero-order valence-corrected chi connectivity index (χ0v) is 13.4. The first-order chi connectivity index (χ1) is 9.25. The Morgan fingerprint density at radius 3 is 2.45 bits per heavy atom. The van der Waals surface area contributed by atoms with Crippen LogP contribution >= 0.6 is 0 Å². The number of nitrogens with zero attached hydrogens (tertiary/aromatic N) is 1. The van der Waals surface area contributed by atoms with Crippen LogP contribution in [0.25, 0.3) is 0 Å². The van der Waals surface area contributed by atoms with Crippen LogP contribution in [0.2, 0.25) is 0 Å². The van der Waals surface area contributed by atoms with Crippen molar-refractivity contribution in [2.24, 2.45) is 11.3 Å². The highest BCUT2D eigenvalue weighted by Gasteiger charge is 2.32. The van der Waals surface area contributed by atoms with E-state index >= 15 is 0 Å². The average Bonchev–Trinajstić information content (AvgIpc) is 2.35. The lowest BCUT2D eigenvalue weighted by Crippen LogP contribution is -2.52. The topological polar surface area (TPSA) is 58.6 Å². The minimum Gasteiger partial charge on any atom is -0.453 e. The second-order valence-corrected chi connectivity index (χ2v) is 6.85. The van der Waals surface area contributed by atoms with E-state index in [0.29, 0.717) is 18.9 Å². The number of rotatable bonds is 3. The number of carbonyl (C=O) groups is 2. The number of amides is 2. The van der Waals surface area contributed by atoms with Crippen LogP contribution in [0.4, 0.5) is 4.79 Å². The molecular weight excluding hydrogens is 256 g/mol. The molecule has 0 aliphatic carbocycles. The summed E-state index contributed by atoms with van der Waals surface area (Å²) in [7, 11) is 1.36. The third-order valence-corrected chi connectivity index (χ3v) is 3.60. The average molecular weight is 284 g/mol. The monoisotopic (exact) mass is 284 g/mol. The maximum absolute atomic E-state index is 12.0. The minimum atomic E-state index is -0.421. The number of methoxy groups -OCH3 is 1. The van der Waals surface area contributed by atoms with Crippen molar-refractivity contribution in [2.45, 2.75) is 53.0 Å². The molecule has 1 aliphatic rings. The number of carbonyl (C=O) groups excluding carboxylic acids is 2. The smallest absolute Gasteiger partial charge is 0.407 e. The van der Waals surface area contributed by atoms with Crippen molar-refractivity contribution in [1.82, 2.24) is 10.2 Å². The van der Waals surface area contributed by atoms with E-state index in [4.69, 9.17) is 0 Å². The van der Waals surface area contributed by atoms with E-state index in [-0.39, 0.29) is 17.4 Å². The van der Waals surface area contributed by atoms with Crippen molar-refractivity contribution >= 4 is 12.0 Å². The fourth-order valence-corrected chi connectivity index (χ4v) is 2.97. The van der Waals surface area contributed by atoms with Gasteiger partial charge >= 0.3 is 6.09 Å². The van der Waals surface area contributed by atoms with Gasteiger partial charge in [-0.1, -0.05) is 27.7 Å². The first kappa shape index (κ1) is 16.8. The third-order valence-electron chi connectivity index (χ3n) is 3.60. The van der Waals surface area contributed by atoms with Crippen LogP contribution < -0.4 is 5.32 Å². The molecule has 2 unspecified atom stereocenters. The predicted molar refractivity (Wildman–Crippen MR) is 78.4 cm³/mol. The van der Waals surface area contributed by atoms with Crippen LogP contribution in [0, 0.1) is 11.3 Å². The SMILES string of the molecule is CCC(=O)N1CC(CC(C)(C)C)CC(NC(=O)OC)C1. The Morgan fingerprint density at radius 2 is 1.95 bits per heavy atom. The standard InChI is InChI=1S/C15H28N2O3/c1-6-13(18)17-9-11(8-15(2,3)4)7-12(10-17)16-14(19)20-5/h11-12H,6-10H2,1-5H3,(H,16,19). The van der Waals surface area contributed by atoms with E-state index in [9.17, 15) is 9.59 Å². The lowest BCUT2D eigenvalue weighted by atomic mass is 9.80. The number of likely N-dealkylation sites (tertiary alicyclic amines) is 1. The number of hydrogen-bond donors (Lipinski definition) is 1. The Hall–Kier alpha value is -1.26. The van der Waals surface area contributed by atoms with E-state index < -0.39 is 6.09 Å². The Kier molecular flexibility index (Phi) is 5.84. The van der Waals surface area contributed by atoms with Crippen molar-refractivity contribution in [3.8, 4) is 0 Å². The zero-order valence-electron chi connectivity index (χ0n) is 13.4. The summed E-state index contributed by atoms with van der Waals surface area (Å²) in [6.45, 7) is 9.87. The Balaban J connectivity index is 2.71. The van der Waals surface area contributed by atoms with Crippen molar-refractivity contribution in [1.29, 1.82) is 0 Å². The molecule has 0 saturated carbocycles. The lowest BCUT2D eigenvalue weighted by molar-refractivity contribution is -0.133. The third kappa shape index (κ3) is 5.39. The number of ether oxygens (including phenoxy) is 1.